The second kappa shape index (κ2) is 10.5. The molecule has 200 valence electrons. The second-order valence-corrected chi connectivity index (χ2v) is 10.9. The number of amides is 1. The van der Waals surface area contributed by atoms with E-state index in [1.807, 2.05) is 12.1 Å². The van der Waals surface area contributed by atoms with Gasteiger partial charge in [0.05, 0.1) is 0 Å². The highest BCUT2D eigenvalue weighted by atomic mass is 32.2. The van der Waals surface area contributed by atoms with Crippen molar-refractivity contribution < 1.29 is 36.0 Å². The van der Waals surface area contributed by atoms with Crippen molar-refractivity contribution in [3.63, 3.8) is 0 Å². The highest BCUT2D eigenvalue weighted by Gasteiger charge is 2.36. The van der Waals surface area contributed by atoms with Crippen LogP contribution in [0, 0.1) is 24.5 Å². The lowest BCUT2D eigenvalue weighted by Crippen LogP contribution is -2.43. The molecule has 0 aliphatic carbocycles. The van der Waals surface area contributed by atoms with Gasteiger partial charge in [-0.05, 0) is 61.7 Å². The van der Waals surface area contributed by atoms with Gasteiger partial charge in [-0.15, -0.1) is 0 Å². The van der Waals surface area contributed by atoms with E-state index in [1.54, 1.807) is 6.07 Å². The van der Waals surface area contributed by atoms with Crippen molar-refractivity contribution in [2.75, 3.05) is 19.9 Å². The standard InChI is InChI=1S/C26H25F2N3O6S/c1-16-25(23(37-30-16)7-4-18-3-5-20(27)13-21(18)28)38(33,34)31-10-8-19(9-11-31)26(32)29-14-17-2-6-22-24(12-17)36-15-35-22/h2-7,12-13,19H,8-11,14-15H2,1H3,(H,29,32). The zero-order chi connectivity index (χ0) is 26.9. The number of hydrogen-bond acceptors (Lipinski definition) is 7. The van der Waals surface area contributed by atoms with Gasteiger partial charge in [0.1, 0.15) is 17.3 Å². The maximum Gasteiger partial charge on any atom is 0.248 e. The van der Waals surface area contributed by atoms with Gasteiger partial charge in [0.25, 0.3) is 0 Å². The lowest BCUT2D eigenvalue weighted by atomic mass is 9.97. The summed E-state index contributed by atoms with van der Waals surface area (Å²) in [5.74, 6) is -0.751. The Bertz CT molecular complexity index is 1500. The first-order chi connectivity index (χ1) is 18.2. The maximum atomic E-state index is 14.0. The van der Waals surface area contributed by atoms with Crippen LogP contribution < -0.4 is 14.8 Å². The van der Waals surface area contributed by atoms with Gasteiger partial charge in [-0.3, -0.25) is 4.79 Å². The van der Waals surface area contributed by atoms with Crippen molar-refractivity contribution in [2.45, 2.75) is 31.2 Å². The molecule has 1 aromatic heterocycles. The summed E-state index contributed by atoms with van der Waals surface area (Å²) in [6.45, 7) is 2.28. The van der Waals surface area contributed by atoms with Gasteiger partial charge >= 0.3 is 0 Å². The third kappa shape index (κ3) is 5.27. The Balaban J connectivity index is 1.22. The van der Waals surface area contributed by atoms with Crippen LogP contribution in [0.3, 0.4) is 0 Å². The minimum Gasteiger partial charge on any atom is -0.454 e. The Morgan fingerprint density at radius 1 is 1.11 bits per heavy atom. The summed E-state index contributed by atoms with van der Waals surface area (Å²) in [7, 11) is -4.00. The number of fused-ring (bicyclic) bond motifs is 1. The van der Waals surface area contributed by atoms with E-state index in [1.165, 1.54) is 29.4 Å². The molecule has 1 fully saturated rings. The monoisotopic (exact) mass is 545 g/mol. The van der Waals surface area contributed by atoms with E-state index >= 15 is 0 Å². The predicted octanol–water partition coefficient (Wildman–Crippen LogP) is 3.88. The van der Waals surface area contributed by atoms with Crippen LogP contribution in [0.4, 0.5) is 8.78 Å². The van der Waals surface area contributed by atoms with Gasteiger partial charge < -0.3 is 19.3 Å². The van der Waals surface area contributed by atoms with E-state index in [2.05, 4.69) is 10.5 Å². The summed E-state index contributed by atoms with van der Waals surface area (Å²) in [5, 5.41) is 6.69. The molecule has 0 spiro atoms. The van der Waals surface area contributed by atoms with Crippen LogP contribution in [-0.4, -0.2) is 43.7 Å². The molecular weight excluding hydrogens is 520 g/mol. The fourth-order valence-corrected chi connectivity index (χ4v) is 6.19. The first-order valence-electron chi connectivity index (χ1n) is 12.0. The van der Waals surface area contributed by atoms with Gasteiger partial charge in [-0.1, -0.05) is 11.2 Å². The lowest BCUT2D eigenvalue weighted by Gasteiger charge is -2.30. The summed E-state index contributed by atoms with van der Waals surface area (Å²) in [6, 6.07) is 8.52. The summed E-state index contributed by atoms with van der Waals surface area (Å²) in [4.78, 5) is 12.6. The topological polar surface area (TPSA) is 111 Å². The van der Waals surface area contributed by atoms with E-state index in [0.717, 1.165) is 17.7 Å². The zero-order valence-corrected chi connectivity index (χ0v) is 21.3. The molecule has 0 atom stereocenters. The van der Waals surface area contributed by atoms with Gasteiger partial charge in [0.2, 0.25) is 22.7 Å². The molecule has 0 unspecified atom stereocenters. The fourth-order valence-electron chi connectivity index (χ4n) is 4.47. The van der Waals surface area contributed by atoms with Crippen molar-refractivity contribution >= 4 is 28.1 Å². The molecule has 38 heavy (non-hydrogen) atoms. The van der Waals surface area contributed by atoms with Crippen molar-refractivity contribution in [2.24, 2.45) is 5.92 Å². The average molecular weight is 546 g/mol. The summed E-state index contributed by atoms with van der Waals surface area (Å²) >= 11 is 0. The smallest absolute Gasteiger partial charge is 0.248 e. The number of nitrogens with one attached hydrogen (secondary N) is 1. The molecule has 1 saturated heterocycles. The van der Waals surface area contributed by atoms with Gasteiger partial charge in [-0.2, -0.15) is 4.31 Å². The predicted molar refractivity (Wildman–Crippen MR) is 132 cm³/mol. The quantitative estimate of drug-likeness (QED) is 0.480. The number of carbonyl (C=O) groups is 1. The molecule has 2 aliphatic heterocycles. The molecule has 9 nitrogen and oxygen atoms in total. The third-order valence-electron chi connectivity index (χ3n) is 6.54. The molecule has 2 aliphatic rings. The van der Waals surface area contributed by atoms with Gasteiger partial charge in [0.15, 0.2) is 22.2 Å². The Morgan fingerprint density at radius 2 is 1.87 bits per heavy atom. The van der Waals surface area contributed by atoms with E-state index in [-0.39, 0.29) is 53.6 Å². The van der Waals surface area contributed by atoms with Crippen LogP contribution in [0.5, 0.6) is 11.5 Å². The maximum absolute atomic E-state index is 14.0. The normalized spacial score (nSPS) is 16.3. The molecule has 12 heteroatoms. The number of ether oxygens (including phenoxy) is 2. The minimum atomic E-state index is -4.00. The second-order valence-electron chi connectivity index (χ2n) is 9.04. The van der Waals surface area contributed by atoms with E-state index in [9.17, 15) is 22.0 Å². The van der Waals surface area contributed by atoms with Crippen LogP contribution in [0.25, 0.3) is 12.2 Å². The number of benzene rings is 2. The number of halogens is 2. The highest BCUT2D eigenvalue weighted by molar-refractivity contribution is 7.89. The Morgan fingerprint density at radius 3 is 2.63 bits per heavy atom. The Labute approximate surface area is 218 Å². The van der Waals surface area contributed by atoms with E-state index < -0.39 is 21.7 Å². The molecule has 3 aromatic rings. The number of piperidine rings is 1. The molecule has 0 radical (unpaired) electrons. The Kier molecular flexibility index (Phi) is 7.17. The number of sulfonamides is 1. The van der Waals surface area contributed by atoms with Crippen molar-refractivity contribution in [1.29, 1.82) is 0 Å². The number of rotatable bonds is 7. The molecular formula is C26H25F2N3O6S. The first-order valence-corrected chi connectivity index (χ1v) is 13.4. The number of nitrogens with zero attached hydrogens (tertiary/aromatic N) is 2. The number of carbonyl (C=O) groups excluding carboxylic acids is 1. The van der Waals surface area contributed by atoms with Crippen molar-refractivity contribution in [1.82, 2.24) is 14.8 Å². The minimum absolute atomic E-state index is 0.0604. The van der Waals surface area contributed by atoms with Crippen LogP contribution in [-0.2, 0) is 21.4 Å². The van der Waals surface area contributed by atoms with Crippen LogP contribution in [0.1, 0.15) is 35.4 Å². The first kappa shape index (κ1) is 25.9. The van der Waals surface area contributed by atoms with Gasteiger partial charge in [0, 0.05) is 37.2 Å². The van der Waals surface area contributed by atoms with Crippen LogP contribution in [0.2, 0.25) is 0 Å². The molecule has 3 heterocycles. The Hall–Kier alpha value is -3.77. The molecule has 2 aromatic carbocycles. The summed E-state index contributed by atoms with van der Waals surface area (Å²) < 4.78 is 71.2. The van der Waals surface area contributed by atoms with Crippen molar-refractivity contribution in [3.8, 4) is 11.5 Å². The fraction of sp³-hybridized carbons (Fsp3) is 0.308. The highest BCUT2D eigenvalue weighted by Crippen LogP contribution is 2.33. The zero-order valence-electron chi connectivity index (χ0n) is 20.4. The lowest BCUT2D eigenvalue weighted by molar-refractivity contribution is -0.126. The summed E-state index contributed by atoms with van der Waals surface area (Å²) in [6.07, 6.45) is 3.29. The molecule has 1 amide bonds. The van der Waals surface area contributed by atoms with Crippen molar-refractivity contribution in [3.05, 3.63) is 70.6 Å². The number of aryl methyl sites for hydroxylation is 1. The van der Waals surface area contributed by atoms with Crippen LogP contribution in [0.15, 0.2) is 45.8 Å². The number of aromatic nitrogens is 1. The summed E-state index contributed by atoms with van der Waals surface area (Å²) in [5.41, 5.74) is 1.09. The third-order valence-corrected chi connectivity index (χ3v) is 8.59. The van der Waals surface area contributed by atoms with Gasteiger partial charge in [-0.25, -0.2) is 17.2 Å². The molecule has 0 bridgehead atoms. The van der Waals surface area contributed by atoms with Crippen LogP contribution >= 0.6 is 0 Å². The van der Waals surface area contributed by atoms with E-state index in [0.29, 0.717) is 30.9 Å². The SMILES string of the molecule is Cc1noc(C=Cc2ccc(F)cc2F)c1S(=O)(=O)N1CCC(C(=O)NCc2ccc3c(c2)OCO3)CC1. The number of hydrogen-bond donors (Lipinski definition) is 1. The molecule has 5 rings (SSSR count). The van der Waals surface area contributed by atoms with E-state index in [4.69, 9.17) is 14.0 Å². The molecule has 1 N–H and O–H groups in total. The molecule has 0 saturated carbocycles. The largest absolute Gasteiger partial charge is 0.454 e. The average Bonchev–Trinajstić information content (AvgIpc) is 3.53.